The number of carbonyl (C=O) groups excluding carboxylic acids is 1. The largest absolute Gasteiger partial charge is 1.00 e. The second kappa shape index (κ2) is 12.2. The van der Waals surface area contributed by atoms with Crippen LogP contribution in [0.2, 0.25) is 0 Å². The number of imidazole rings is 1. The van der Waals surface area contributed by atoms with Gasteiger partial charge in [-0.15, -0.1) is 0 Å². The van der Waals surface area contributed by atoms with Crippen LogP contribution in [0.25, 0.3) is 5.69 Å². The molecule has 5 heteroatoms. The van der Waals surface area contributed by atoms with Gasteiger partial charge in [-0.1, -0.05) is 120 Å². The van der Waals surface area contributed by atoms with Crippen LogP contribution < -0.4 is 26.9 Å². The lowest BCUT2D eigenvalue weighted by atomic mass is 9.74. The zero-order valence-corrected chi connectivity index (χ0v) is 28.7. The summed E-state index contributed by atoms with van der Waals surface area (Å²) in [7, 11) is 0. The van der Waals surface area contributed by atoms with Crippen molar-refractivity contribution in [2.24, 2.45) is 0 Å². The topological polar surface area (TPSA) is 37.9 Å². The molecule has 0 aliphatic carbocycles. The highest BCUT2D eigenvalue weighted by molar-refractivity contribution is 5.92. The summed E-state index contributed by atoms with van der Waals surface area (Å²) >= 11 is 0. The summed E-state index contributed by atoms with van der Waals surface area (Å²) in [6.45, 7) is 29.3. The lowest BCUT2D eigenvalue weighted by Gasteiger charge is -2.33. The molecule has 0 aliphatic rings. The first-order chi connectivity index (χ1) is 17.8. The Balaban J connectivity index is 0.00000560. The maximum absolute atomic E-state index is 13.6. The minimum absolute atomic E-state index is 0. The second-order valence-electron chi connectivity index (χ2n) is 14.8. The molecule has 0 saturated heterocycles. The van der Waals surface area contributed by atoms with E-state index in [4.69, 9.17) is 0 Å². The molecule has 40 heavy (non-hydrogen) atoms. The van der Waals surface area contributed by atoms with Gasteiger partial charge in [-0.3, -0.25) is 4.79 Å². The third kappa shape index (κ3) is 7.66. The normalized spacial score (nSPS) is 12.6. The summed E-state index contributed by atoms with van der Waals surface area (Å²) in [5.74, 6) is 0.791. The number of carbonyl (C=O) groups is 1. The van der Waals surface area contributed by atoms with Crippen molar-refractivity contribution in [2.75, 3.05) is 5.32 Å². The van der Waals surface area contributed by atoms with Crippen LogP contribution in [-0.4, -0.2) is 10.5 Å². The Kier molecular flexibility index (Phi) is 10.3. The molecule has 0 bridgehead atoms. The Bertz CT molecular complexity index is 1270. The summed E-state index contributed by atoms with van der Waals surface area (Å²) in [5.41, 5.74) is 8.27. The van der Waals surface area contributed by atoms with Gasteiger partial charge >= 0.3 is 0 Å². The van der Waals surface area contributed by atoms with Crippen molar-refractivity contribution in [3.63, 3.8) is 0 Å². The van der Waals surface area contributed by atoms with Crippen LogP contribution in [0.4, 0.5) is 5.69 Å². The van der Waals surface area contributed by atoms with Gasteiger partial charge in [0.05, 0.1) is 0 Å². The highest BCUT2D eigenvalue weighted by Crippen LogP contribution is 2.41. The Morgan fingerprint density at radius 2 is 1.30 bits per heavy atom. The number of nitrogens with one attached hydrogen (secondary N) is 1. The van der Waals surface area contributed by atoms with E-state index in [9.17, 15) is 4.79 Å². The molecular weight excluding hydrogens is 558 g/mol. The summed E-state index contributed by atoms with van der Waals surface area (Å²) in [4.78, 5) is 13.6. The van der Waals surface area contributed by atoms with E-state index in [0.717, 1.165) is 5.69 Å². The van der Waals surface area contributed by atoms with Crippen LogP contribution >= 0.6 is 0 Å². The summed E-state index contributed by atoms with van der Waals surface area (Å²) in [6.07, 6.45) is 6.11. The summed E-state index contributed by atoms with van der Waals surface area (Å²) < 4.78 is 4.16. The third-order valence-electron chi connectivity index (χ3n) is 7.50. The molecule has 3 aromatic rings. The summed E-state index contributed by atoms with van der Waals surface area (Å²) in [5, 5.41) is 3.36. The minimum atomic E-state index is -0.117. The molecular formula is C35H52BrN3O. The number of hydrogen-bond acceptors (Lipinski definition) is 1. The number of hydrogen-bond donors (Lipinski definition) is 1. The maximum atomic E-state index is 13.6. The number of halogens is 1. The molecule has 4 nitrogen and oxygen atoms in total. The lowest BCUT2D eigenvalue weighted by molar-refractivity contribution is -0.683. The van der Waals surface area contributed by atoms with Crippen molar-refractivity contribution in [3.05, 3.63) is 76.9 Å². The molecule has 0 saturated carbocycles. The van der Waals surface area contributed by atoms with Crippen molar-refractivity contribution in [2.45, 2.75) is 125 Å². The van der Waals surface area contributed by atoms with E-state index >= 15 is 0 Å². The van der Waals surface area contributed by atoms with E-state index in [-0.39, 0.29) is 45.7 Å². The van der Waals surface area contributed by atoms with E-state index in [1.807, 2.05) is 17.1 Å². The van der Waals surface area contributed by atoms with E-state index in [1.165, 1.54) is 33.5 Å². The number of benzene rings is 2. The van der Waals surface area contributed by atoms with Gasteiger partial charge in [0.25, 0.3) is 5.91 Å². The fourth-order valence-corrected chi connectivity index (χ4v) is 5.17. The van der Waals surface area contributed by atoms with Crippen LogP contribution in [0.5, 0.6) is 0 Å². The third-order valence-corrected chi connectivity index (χ3v) is 7.50. The smallest absolute Gasteiger partial charge is 0.266 e. The molecule has 1 heterocycles. The van der Waals surface area contributed by atoms with Gasteiger partial charge < -0.3 is 22.3 Å². The Hall–Kier alpha value is -2.40. The maximum Gasteiger partial charge on any atom is 0.266 e. The van der Waals surface area contributed by atoms with Crippen molar-refractivity contribution < 1.29 is 26.3 Å². The molecule has 0 spiro atoms. The number of anilines is 1. The fraction of sp³-hybridized carbons (Fsp3) is 0.543. The molecule has 0 atom stereocenters. The average molecular weight is 611 g/mol. The van der Waals surface area contributed by atoms with Crippen molar-refractivity contribution in [1.29, 1.82) is 0 Å². The Morgan fingerprint density at radius 1 is 0.825 bits per heavy atom. The number of amides is 1. The van der Waals surface area contributed by atoms with Crippen LogP contribution in [0.15, 0.2) is 49.1 Å². The van der Waals surface area contributed by atoms with Crippen molar-refractivity contribution >= 4 is 11.6 Å². The van der Waals surface area contributed by atoms with E-state index in [2.05, 4.69) is 136 Å². The number of nitrogens with zero attached hydrogens (tertiary/aromatic N) is 2. The Morgan fingerprint density at radius 3 is 1.70 bits per heavy atom. The standard InChI is InChI=1S/C35H51N3O.BrH/c1-23(2)26-15-14-16-27(24(3)4)32(26)38-18-17-37(22-38)21-30(39)36-31-28(34(8,9)10)19-25(33(5,6)7)20-29(31)35(11,12)13;/h14-20,22-24H,21H2,1-13H3;1H. The van der Waals surface area contributed by atoms with Gasteiger partial charge in [0.2, 0.25) is 6.33 Å². The molecule has 1 N–H and O–H groups in total. The molecule has 220 valence electrons. The molecule has 0 fully saturated rings. The van der Waals surface area contributed by atoms with Gasteiger partial charge in [0.1, 0.15) is 18.1 Å². The van der Waals surface area contributed by atoms with Gasteiger partial charge in [-0.2, -0.15) is 0 Å². The SMILES string of the molecule is CC(C)c1cccc(C(C)C)c1-n1cc[n+](CC(=O)Nc2c(C(C)(C)C)cc(C(C)(C)C)cc2C(C)(C)C)c1.[Br-]. The number of para-hydroxylation sites is 1. The molecule has 0 radical (unpaired) electrons. The Labute approximate surface area is 254 Å². The second-order valence-corrected chi connectivity index (χ2v) is 14.8. The van der Waals surface area contributed by atoms with E-state index in [1.54, 1.807) is 0 Å². The quantitative estimate of drug-likeness (QED) is 0.366. The summed E-state index contributed by atoms with van der Waals surface area (Å²) in [6, 6.07) is 11.2. The van der Waals surface area contributed by atoms with Crippen LogP contribution in [0.3, 0.4) is 0 Å². The van der Waals surface area contributed by atoms with Gasteiger partial charge in [-0.25, -0.2) is 9.13 Å². The van der Waals surface area contributed by atoms with Crippen molar-refractivity contribution in [3.8, 4) is 5.69 Å². The highest BCUT2D eigenvalue weighted by atomic mass is 79.9. The van der Waals surface area contributed by atoms with Gasteiger partial charge in [0.15, 0.2) is 6.54 Å². The molecule has 3 rings (SSSR count). The van der Waals surface area contributed by atoms with Crippen LogP contribution in [0, 0.1) is 0 Å². The molecule has 1 amide bonds. The van der Waals surface area contributed by atoms with Gasteiger partial charge in [0, 0.05) is 16.8 Å². The fourth-order valence-electron chi connectivity index (χ4n) is 5.17. The molecule has 0 unspecified atom stereocenters. The zero-order chi connectivity index (χ0) is 29.5. The van der Waals surface area contributed by atoms with Gasteiger partial charge in [-0.05, 0) is 44.8 Å². The first-order valence-corrected chi connectivity index (χ1v) is 14.5. The predicted octanol–water partition coefficient (Wildman–Crippen LogP) is 5.55. The first-order valence-electron chi connectivity index (χ1n) is 14.5. The lowest BCUT2D eigenvalue weighted by Crippen LogP contribution is -3.00. The van der Waals surface area contributed by atoms with E-state index < -0.39 is 0 Å². The first kappa shape index (κ1) is 33.8. The minimum Gasteiger partial charge on any atom is -1.00 e. The highest BCUT2D eigenvalue weighted by Gasteiger charge is 2.30. The van der Waals surface area contributed by atoms with Crippen LogP contribution in [-0.2, 0) is 27.6 Å². The monoisotopic (exact) mass is 609 g/mol. The average Bonchev–Trinajstić information content (AvgIpc) is 3.24. The van der Waals surface area contributed by atoms with Crippen molar-refractivity contribution in [1.82, 2.24) is 4.57 Å². The molecule has 2 aromatic carbocycles. The zero-order valence-electron chi connectivity index (χ0n) is 27.2. The molecule has 1 aromatic heterocycles. The van der Waals surface area contributed by atoms with Crippen LogP contribution in [0.1, 0.15) is 130 Å². The predicted molar refractivity (Wildman–Crippen MR) is 165 cm³/mol. The molecule has 0 aliphatic heterocycles. The van der Waals surface area contributed by atoms with E-state index in [0.29, 0.717) is 11.8 Å². The number of rotatable bonds is 6. The number of aromatic nitrogens is 2.